The normalized spacial score (nSPS) is 13.0. The number of anilines is 3. The molecular weight excluding hydrogens is 278 g/mol. The number of carbonyl (C=O) groups excluding carboxylic acids is 1. The number of benzene rings is 1. The summed E-state index contributed by atoms with van der Waals surface area (Å²) in [6, 6.07) is 12.9. The Balaban J connectivity index is 1.60. The van der Waals surface area contributed by atoms with Crippen molar-refractivity contribution < 1.29 is 4.79 Å². The summed E-state index contributed by atoms with van der Waals surface area (Å²) in [6.45, 7) is 0. The van der Waals surface area contributed by atoms with Crippen LogP contribution in [0, 0.1) is 11.3 Å². The van der Waals surface area contributed by atoms with E-state index < -0.39 is 0 Å². The topological polar surface area (TPSA) is 89.8 Å². The quantitative estimate of drug-likeness (QED) is 0.808. The van der Waals surface area contributed by atoms with E-state index in [0.29, 0.717) is 17.4 Å². The van der Waals surface area contributed by atoms with Crippen LogP contribution in [-0.4, -0.2) is 17.1 Å². The number of carbonyl (C=O) groups is 1. The summed E-state index contributed by atoms with van der Waals surface area (Å²) in [5.74, 6) is 0.495. The molecule has 6 heteroatoms. The van der Waals surface area contributed by atoms with Crippen LogP contribution in [0.3, 0.4) is 0 Å². The third kappa shape index (κ3) is 3.73. The first kappa shape index (κ1) is 13.9. The number of amides is 2. The van der Waals surface area contributed by atoms with Gasteiger partial charge in [-0.15, -0.1) is 0 Å². The summed E-state index contributed by atoms with van der Waals surface area (Å²) in [5, 5.41) is 17.6. The van der Waals surface area contributed by atoms with E-state index in [9.17, 15) is 4.79 Å². The van der Waals surface area contributed by atoms with Crippen molar-refractivity contribution >= 4 is 23.2 Å². The van der Waals surface area contributed by atoms with E-state index in [2.05, 4.69) is 27.0 Å². The van der Waals surface area contributed by atoms with Crippen molar-refractivity contribution in [2.24, 2.45) is 0 Å². The number of hydrogen-bond donors (Lipinski definition) is 3. The van der Waals surface area contributed by atoms with Crippen LogP contribution >= 0.6 is 0 Å². The molecule has 0 radical (unpaired) electrons. The Bertz CT molecular complexity index is 716. The zero-order valence-electron chi connectivity index (χ0n) is 11.8. The molecule has 1 saturated carbocycles. The predicted octanol–water partition coefficient (Wildman–Crippen LogP) is 2.98. The van der Waals surface area contributed by atoms with Gasteiger partial charge in [0.2, 0.25) is 0 Å². The molecule has 2 amide bonds. The molecule has 1 aromatic heterocycles. The van der Waals surface area contributed by atoms with Crippen LogP contribution in [-0.2, 0) is 0 Å². The average Bonchev–Trinajstić information content (AvgIpc) is 3.33. The van der Waals surface area contributed by atoms with Gasteiger partial charge in [0.25, 0.3) is 0 Å². The van der Waals surface area contributed by atoms with Crippen LogP contribution < -0.4 is 16.0 Å². The molecule has 6 nitrogen and oxygen atoms in total. The summed E-state index contributed by atoms with van der Waals surface area (Å²) >= 11 is 0. The van der Waals surface area contributed by atoms with Crippen LogP contribution in [0.25, 0.3) is 0 Å². The zero-order chi connectivity index (χ0) is 15.4. The van der Waals surface area contributed by atoms with Crippen molar-refractivity contribution in [3.63, 3.8) is 0 Å². The van der Waals surface area contributed by atoms with Gasteiger partial charge in [0.15, 0.2) is 0 Å². The first-order chi connectivity index (χ1) is 10.7. The number of nitrogens with one attached hydrogen (secondary N) is 3. The molecule has 1 fully saturated rings. The van der Waals surface area contributed by atoms with Crippen LogP contribution in [0.5, 0.6) is 0 Å². The smallest absolute Gasteiger partial charge is 0.320 e. The lowest BCUT2D eigenvalue weighted by molar-refractivity contribution is 0.251. The number of urea groups is 1. The fourth-order valence-corrected chi connectivity index (χ4v) is 1.94. The van der Waals surface area contributed by atoms with Gasteiger partial charge in [-0.3, -0.25) is 5.32 Å². The van der Waals surface area contributed by atoms with Gasteiger partial charge in [0.05, 0.1) is 23.5 Å². The lowest BCUT2D eigenvalue weighted by Crippen LogP contribution is -2.30. The zero-order valence-corrected chi connectivity index (χ0v) is 11.8. The van der Waals surface area contributed by atoms with E-state index in [4.69, 9.17) is 5.26 Å². The summed E-state index contributed by atoms with van der Waals surface area (Å²) in [4.78, 5) is 15.8. The molecule has 1 heterocycles. The van der Waals surface area contributed by atoms with Gasteiger partial charge in [-0.25, -0.2) is 9.78 Å². The van der Waals surface area contributed by atoms with Crippen molar-refractivity contribution in [3.8, 4) is 6.07 Å². The molecule has 0 atom stereocenters. The molecule has 3 rings (SSSR count). The van der Waals surface area contributed by atoms with Crippen LogP contribution in [0.1, 0.15) is 18.4 Å². The molecule has 3 N–H and O–H groups in total. The number of rotatable bonds is 4. The second kappa shape index (κ2) is 6.14. The molecule has 0 saturated heterocycles. The SMILES string of the molecule is N#Cc1cccc(Nc2ccc(NC(=O)NC3CC3)nc2)c1. The fourth-order valence-electron chi connectivity index (χ4n) is 1.94. The molecule has 0 unspecified atom stereocenters. The highest BCUT2D eigenvalue weighted by atomic mass is 16.2. The van der Waals surface area contributed by atoms with Crippen molar-refractivity contribution in [3.05, 3.63) is 48.2 Å². The van der Waals surface area contributed by atoms with Crippen molar-refractivity contribution in [1.82, 2.24) is 10.3 Å². The molecule has 2 aromatic rings. The van der Waals surface area contributed by atoms with Crippen LogP contribution in [0.2, 0.25) is 0 Å². The first-order valence-electron chi connectivity index (χ1n) is 7.04. The molecule has 1 aliphatic rings. The molecule has 1 aliphatic carbocycles. The molecular formula is C16H15N5O. The maximum Gasteiger partial charge on any atom is 0.320 e. The molecule has 0 bridgehead atoms. The lowest BCUT2D eigenvalue weighted by Gasteiger charge is -2.08. The highest BCUT2D eigenvalue weighted by Gasteiger charge is 2.23. The Hall–Kier alpha value is -3.07. The molecule has 0 spiro atoms. The van der Waals surface area contributed by atoms with Crippen LogP contribution in [0.4, 0.5) is 22.0 Å². The highest BCUT2D eigenvalue weighted by molar-refractivity contribution is 5.88. The number of pyridine rings is 1. The minimum atomic E-state index is -0.225. The number of nitrogens with zero attached hydrogens (tertiary/aromatic N) is 2. The maximum absolute atomic E-state index is 11.6. The van der Waals surface area contributed by atoms with Gasteiger partial charge in [-0.05, 0) is 43.2 Å². The Morgan fingerprint density at radius 2 is 2.09 bits per heavy atom. The van der Waals surface area contributed by atoms with Gasteiger partial charge < -0.3 is 10.6 Å². The van der Waals surface area contributed by atoms with Gasteiger partial charge in [-0.1, -0.05) is 6.07 Å². The average molecular weight is 293 g/mol. The first-order valence-corrected chi connectivity index (χ1v) is 7.04. The van der Waals surface area contributed by atoms with E-state index in [1.807, 2.05) is 18.2 Å². The monoisotopic (exact) mass is 293 g/mol. The van der Waals surface area contributed by atoms with Gasteiger partial charge in [-0.2, -0.15) is 5.26 Å². The third-order valence-electron chi connectivity index (χ3n) is 3.20. The van der Waals surface area contributed by atoms with Gasteiger partial charge >= 0.3 is 6.03 Å². The van der Waals surface area contributed by atoms with Crippen LogP contribution in [0.15, 0.2) is 42.6 Å². The molecule has 22 heavy (non-hydrogen) atoms. The second-order valence-corrected chi connectivity index (χ2v) is 5.12. The van der Waals surface area contributed by atoms with E-state index in [1.165, 1.54) is 0 Å². The minimum Gasteiger partial charge on any atom is -0.354 e. The van der Waals surface area contributed by atoms with E-state index >= 15 is 0 Å². The summed E-state index contributed by atoms with van der Waals surface area (Å²) in [5.41, 5.74) is 2.18. The van der Waals surface area contributed by atoms with Gasteiger partial charge in [0.1, 0.15) is 5.82 Å². The third-order valence-corrected chi connectivity index (χ3v) is 3.20. The van der Waals surface area contributed by atoms with Crippen molar-refractivity contribution in [1.29, 1.82) is 5.26 Å². The van der Waals surface area contributed by atoms with Crippen molar-refractivity contribution in [2.45, 2.75) is 18.9 Å². The fraction of sp³-hybridized carbons (Fsp3) is 0.188. The Kier molecular flexibility index (Phi) is 3.88. The highest BCUT2D eigenvalue weighted by Crippen LogP contribution is 2.20. The number of nitriles is 1. The summed E-state index contributed by atoms with van der Waals surface area (Å²) < 4.78 is 0. The predicted molar refractivity (Wildman–Crippen MR) is 83.9 cm³/mol. The maximum atomic E-state index is 11.6. The molecule has 110 valence electrons. The van der Waals surface area contributed by atoms with E-state index in [-0.39, 0.29) is 6.03 Å². The summed E-state index contributed by atoms with van der Waals surface area (Å²) in [7, 11) is 0. The summed E-state index contributed by atoms with van der Waals surface area (Å²) in [6.07, 6.45) is 3.72. The second-order valence-electron chi connectivity index (χ2n) is 5.12. The Morgan fingerprint density at radius 1 is 1.23 bits per heavy atom. The minimum absolute atomic E-state index is 0.225. The van der Waals surface area contributed by atoms with Crippen molar-refractivity contribution in [2.75, 3.05) is 10.6 Å². The Labute approximate surface area is 128 Å². The van der Waals surface area contributed by atoms with E-state index in [0.717, 1.165) is 24.2 Å². The Morgan fingerprint density at radius 3 is 2.77 bits per heavy atom. The number of aromatic nitrogens is 1. The lowest BCUT2D eigenvalue weighted by atomic mass is 10.2. The standard InChI is InChI=1S/C16H15N5O/c17-9-11-2-1-3-13(8-11)19-14-6-7-15(18-10-14)21-16(22)20-12-4-5-12/h1-3,6-8,10,12,19H,4-5H2,(H2,18,20,21,22). The molecule has 0 aliphatic heterocycles. The number of hydrogen-bond acceptors (Lipinski definition) is 4. The largest absolute Gasteiger partial charge is 0.354 e. The molecule has 1 aromatic carbocycles. The van der Waals surface area contributed by atoms with Gasteiger partial charge in [0, 0.05) is 11.7 Å². The van der Waals surface area contributed by atoms with E-state index in [1.54, 1.807) is 24.4 Å².